The number of rotatable bonds is 4. The Labute approximate surface area is 113 Å². The van der Waals surface area contributed by atoms with E-state index in [0.717, 1.165) is 5.56 Å². The van der Waals surface area contributed by atoms with Gasteiger partial charge in [-0.2, -0.15) is 0 Å². The average molecular weight is 277 g/mol. The first-order valence-corrected chi connectivity index (χ1v) is 8.31. The van der Waals surface area contributed by atoms with Crippen LogP contribution in [0.1, 0.15) is 18.5 Å². The highest BCUT2D eigenvalue weighted by Crippen LogP contribution is 2.38. The van der Waals surface area contributed by atoms with Crippen molar-refractivity contribution in [3.8, 4) is 0 Å². The van der Waals surface area contributed by atoms with Gasteiger partial charge in [0.05, 0.1) is 0 Å². The zero-order valence-corrected chi connectivity index (χ0v) is 11.9. The van der Waals surface area contributed by atoms with Gasteiger partial charge < -0.3 is 4.57 Å². The lowest BCUT2D eigenvalue weighted by atomic mass is 10.1. The molecule has 0 bridgehead atoms. The maximum Gasteiger partial charge on any atom is 0.173 e. The normalized spacial score (nSPS) is 15.7. The molecule has 19 heavy (non-hydrogen) atoms. The molecule has 2 nitrogen and oxygen atoms in total. The van der Waals surface area contributed by atoms with Gasteiger partial charge in [0.15, 0.2) is 7.29 Å². The van der Waals surface area contributed by atoms with Crippen molar-refractivity contribution in [3.63, 3.8) is 0 Å². The Kier molecular flexibility index (Phi) is 4.18. The summed E-state index contributed by atoms with van der Waals surface area (Å²) in [6.45, 7) is 3.63. The predicted octanol–water partition coefficient (Wildman–Crippen LogP) is 3.71. The van der Waals surface area contributed by atoms with E-state index in [1.165, 1.54) is 12.1 Å². The van der Waals surface area contributed by atoms with Crippen LogP contribution in [0.5, 0.6) is 0 Å². The quantitative estimate of drug-likeness (QED) is 0.863. The van der Waals surface area contributed by atoms with Gasteiger partial charge >= 0.3 is 0 Å². The molecule has 2 aromatic rings. The van der Waals surface area contributed by atoms with Crippen molar-refractivity contribution in [2.45, 2.75) is 13.0 Å². The van der Waals surface area contributed by atoms with Gasteiger partial charge in [-0.15, -0.1) is 0 Å². The number of halogens is 1. The smallest absolute Gasteiger partial charge is 0.173 e. The molecule has 0 radical (unpaired) electrons. The van der Waals surface area contributed by atoms with Crippen LogP contribution in [0, 0.1) is 5.82 Å². The van der Waals surface area contributed by atoms with E-state index in [9.17, 15) is 8.96 Å². The molecule has 2 atom stereocenters. The number of benzene rings is 2. The lowest BCUT2D eigenvalue weighted by Crippen LogP contribution is -2.21. The van der Waals surface area contributed by atoms with Crippen molar-refractivity contribution in [2.75, 3.05) is 6.66 Å². The van der Waals surface area contributed by atoms with Gasteiger partial charge in [-0.25, -0.2) is 4.39 Å². The monoisotopic (exact) mass is 277 g/mol. The summed E-state index contributed by atoms with van der Waals surface area (Å²) < 4.78 is 25.6. The first kappa shape index (κ1) is 14.0. The summed E-state index contributed by atoms with van der Waals surface area (Å²) in [4.78, 5) is 0. The standard InChI is InChI=1S/C15H17FNOP/c1-12(13-6-4-3-5-7-13)17-19(2,18)15-10-8-14(16)9-11-15/h3-12H,1-2H3,(H,17,18). The second-order valence-electron chi connectivity index (χ2n) is 4.66. The highest BCUT2D eigenvalue weighted by Gasteiger charge is 2.21. The lowest BCUT2D eigenvalue weighted by molar-refractivity contribution is 0.565. The second kappa shape index (κ2) is 5.68. The van der Waals surface area contributed by atoms with Crippen LogP contribution in [0.3, 0.4) is 0 Å². The van der Waals surface area contributed by atoms with Crippen molar-refractivity contribution >= 4 is 12.6 Å². The van der Waals surface area contributed by atoms with Crippen LogP contribution >= 0.6 is 7.29 Å². The van der Waals surface area contributed by atoms with Gasteiger partial charge in [0.25, 0.3) is 0 Å². The van der Waals surface area contributed by atoms with E-state index in [0.29, 0.717) is 5.30 Å². The first-order valence-electron chi connectivity index (χ1n) is 6.15. The molecule has 0 fully saturated rings. The van der Waals surface area contributed by atoms with Gasteiger partial charge in [-0.05, 0) is 36.8 Å². The maximum absolute atomic E-state index is 12.9. The number of hydrogen-bond donors (Lipinski definition) is 1. The van der Waals surface area contributed by atoms with Gasteiger partial charge in [0.1, 0.15) is 5.82 Å². The first-order chi connectivity index (χ1) is 8.99. The van der Waals surface area contributed by atoms with Crippen molar-refractivity contribution in [2.24, 2.45) is 0 Å². The van der Waals surface area contributed by atoms with Crippen LogP contribution in [0.4, 0.5) is 4.39 Å². The average Bonchev–Trinajstić information content (AvgIpc) is 2.40. The molecule has 0 aliphatic rings. The van der Waals surface area contributed by atoms with Crippen LogP contribution in [0.15, 0.2) is 54.6 Å². The van der Waals surface area contributed by atoms with E-state index < -0.39 is 7.29 Å². The molecular formula is C15H17FNOP. The third-order valence-electron chi connectivity index (χ3n) is 3.06. The largest absolute Gasteiger partial charge is 0.302 e. The third-order valence-corrected chi connectivity index (χ3v) is 5.22. The number of nitrogens with one attached hydrogen (secondary N) is 1. The minimum atomic E-state index is -2.70. The Bertz CT molecular complexity index is 583. The van der Waals surface area contributed by atoms with E-state index in [4.69, 9.17) is 0 Å². The summed E-state index contributed by atoms with van der Waals surface area (Å²) in [6, 6.07) is 15.6. The molecule has 100 valence electrons. The fraction of sp³-hybridized carbons (Fsp3) is 0.200. The molecule has 0 aromatic heterocycles. The molecule has 0 saturated carbocycles. The molecule has 0 amide bonds. The van der Waals surface area contributed by atoms with Gasteiger partial charge in [0, 0.05) is 18.0 Å². The zero-order chi connectivity index (χ0) is 13.9. The second-order valence-corrected chi connectivity index (χ2v) is 7.28. The van der Waals surface area contributed by atoms with Gasteiger partial charge in [-0.3, -0.25) is 5.09 Å². The summed E-state index contributed by atoms with van der Waals surface area (Å²) in [5.74, 6) is -0.320. The molecular weight excluding hydrogens is 260 g/mol. The highest BCUT2D eigenvalue weighted by molar-refractivity contribution is 7.68. The van der Waals surface area contributed by atoms with Crippen molar-refractivity contribution in [1.29, 1.82) is 0 Å². The third kappa shape index (κ3) is 3.52. The Morgan fingerprint density at radius 3 is 2.21 bits per heavy atom. The minimum Gasteiger partial charge on any atom is -0.302 e. The SMILES string of the molecule is CC(NP(C)(=O)c1ccc(F)cc1)c1ccccc1. The Balaban J connectivity index is 2.17. The fourth-order valence-corrected chi connectivity index (χ4v) is 3.74. The van der Waals surface area contributed by atoms with Gasteiger partial charge in [0.2, 0.25) is 0 Å². The van der Waals surface area contributed by atoms with Crippen molar-refractivity contribution < 1.29 is 8.96 Å². The summed E-state index contributed by atoms with van der Waals surface area (Å²) in [7, 11) is -2.70. The van der Waals surface area contributed by atoms with E-state index >= 15 is 0 Å². The molecule has 2 unspecified atom stereocenters. The topological polar surface area (TPSA) is 29.1 Å². The Morgan fingerprint density at radius 2 is 1.63 bits per heavy atom. The molecule has 0 spiro atoms. The summed E-state index contributed by atoms with van der Waals surface area (Å²) in [5, 5.41) is 3.78. The molecule has 1 N–H and O–H groups in total. The summed E-state index contributed by atoms with van der Waals surface area (Å²) in [5.41, 5.74) is 1.08. The van der Waals surface area contributed by atoms with E-state index in [1.54, 1.807) is 18.8 Å². The number of hydrogen-bond acceptors (Lipinski definition) is 1. The summed E-state index contributed by atoms with van der Waals surface area (Å²) >= 11 is 0. The molecule has 4 heteroatoms. The molecule has 0 aliphatic heterocycles. The summed E-state index contributed by atoms with van der Waals surface area (Å²) in [6.07, 6.45) is 0. The Morgan fingerprint density at radius 1 is 1.05 bits per heavy atom. The minimum absolute atomic E-state index is 0.0258. The van der Waals surface area contributed by atoms with Crippen molar-refractivity contribution in [1.82, 2.24) is 5.09 Å². The van der Waals surface area contributed by atoms with E-state index in [-0.39, 0.29) is 11.9 Å². The van der Waals surface area contributed by atoms with Crippen LogP contribution in [0.25, 0.3) is 0 Å². The predicted molar refractivity (Wildman–Crippen MR) is 77.6 cm³/mol. The molecule has 0 heterocycles. The zero-order valence-electron chi connectivity index (χ0n) is 11.0. The van der Waals surface area contributed by atoms with Crippen LogP contribution < -0.4 is 10.4 Å². The lowest BCUT2D eigenvalue weighted by Gasteiger charge is -2.21. The highest BCUT2D eigenvalue weighted by atomic mass is 31.2. The fourth-order valence-electron chi connectivity index (χ4n) is 1.99. The Hall–Kier alpha value is -1.44. The molecule has 2 rings (SSSR count). The van der Waals surface area contributed by atoms with Crippen LogP contribution in [0.2, 0.25) is 0 Å². The molecule has 0 aliphatic carbocycles. The van der Waals surface area contributed by atoms with Crippen LogP contribution in [-0.2, 0) is 4.57 Å². The van der Waals surface area contributed by atoms with E-state index in [2.05, 4.69) is 5.09 Å². The van der Waals surface area contributed by atoms with Gasteiger partial charge in [-0.1, -0.05) is 30.3 Å². The van der Waals surface area contributed by atoms with Crippen molar-refractivity contribution in [3.05, 3.63) is 66.0 Å². The molecule has 2 aromatic carbocycles. The molecule has 0 saturated heterocycles. The maximum atomic E-state index is 12.9. The van der Waals surface area contributed by atoms with Crippen LogP contribution in [-0.4, -0.2) is 6.66 Å². The van der Waals surface area contributed by atoms with E-state index in [1.807, 2.05) is 37.3 Å².